The summed E-state index contributed by atoms with van der Waals surface area (Å²) in [6.45, 7) is 4.97. The van der Waals surface area contributed by atoms with Gasteiger partial charge in [0, 0.05) is 6.92 Å². The van der Waals surface area contributed by atoms with Crippen LogP contribution in [0.25, 0.3) is 0 Å². The minimum absolute atomic E-state index is 0.0434. The Hall–Kier alpha value is -2.29. The van der Waals surface area contributed by atoms with Gasteiger partial charge >= 0.3 is 12.1 Å². The standard InChI is InChI=1S/C15H19F3N2O2.C2H4O2/c1-2-22-13-9-11(10-5-7-19-8-6-10)3-4-12(13)20-14(21)15(16,17)18;1-2(3)4/h3-4,9-10,19H,2,5-8H2,1H3,(H,20,21);1H3,(H,3,4). The second kappa shape index (κ2) is 10.0. The lowest BCUT2D eigenvalue weighted by Gasteiger charge is -2.24. The van der Waals surface area contributed by atoms with E-state index in [1.165, 1.54) is 6.07 Å². The Kier molecular flexibility index (Phi) is 8.37. The smallest absolute Gasteiger partial charge is 0.471 e. The summed E-state index contributed by atoms with van der Waals surface area (Å²) in [5.41, 5.74) is 1.07. The van der Waals surface area contributed by atoms with Gasteiger partial charge in [-0.25, -0.2) is 0 Å². The molecule has 0 spiro atoms. The molecule has 6 nitrogen and oxygen atoms in total. The number of anilines is 1. The number of carbonyl (C=O) groups is 2. The van der Waals surface area contributed by atoms with Gasteiger partial charge in [0.05, 0.1) is 12.3 Å². The molecule has 2 rings (SSSR count). The number of benzene rings is 1. The molecule has 1 aromatic carbocycles. The Morgan fingerprint density at radius 3 is 2.38 bits per heavy atom. The molecule has 1 aromatic rings. The number of rotatable bonds is 4. The Morgan fingerprint density at radius 2 is 1.88 bits per heavy atom. The monoisotopic (exact) mass is 376 g/mol. The lowest BCUT2D eigenvalue weighted by molar-refractivity contribution is -0.167. The average molecular weight is 376 g/mol. The van der Waals surface area contributed by atoms with E-state index in [2.05, 4.69) is 5.32 Å². The molecule has 0 bridgehead atoms. The topological polar surface area (TPSA) is 87.7 Å². The van der Waals surface area contributed by atoms with E-state index in [4.69, 9.17) is 14.6 Å². The molecule has 0 saturated carbocycles. The number of piperidine rings is 1. The number of halogens is 3. The van der Waals surface area contributed by atoms with Crippen LogP contribution in [0.1, 0.15) is 38.2 Å². The van der Waals surface area contributed by atoms with Crippen molar-refractivity contribution in [1.29, 1.82) is 0 Å². The Bertz CT molecular complexity index is 611. The lowest BCUT2D eigenvalue weighted by Crippen LogP contribution is -2.30. The Morgan fingerprint density at radius 1 is 1.31 bits per heavy atom. The molecule has 0 radical (unpaired) electrons. The maximum Gasteiger partial charge on any atom is 0.471 e. The maximum absolute atomic E-state index is 12.4. The van der Waals surface area contributed by atoms with Gasteiger partial charge in [-0.1, -0.05) is 6.07 Å². The predicted octanol–water partition coefficient (Wildman–Crippen LogP) is 3.14. The number of carboxylic acids is 1. The highest BCUT2D eigenvalue weighted by Crippen LogP contribution is 2.33. The molecule has 0 aliphatic carbocycles. The first-order valence-corrected chi connectivity index (χ1v) is 8.20. The predicted molar refractivity (Wildman–Crippen MR) is 90.5 cm³/mol. The maximum atomic E-state index is 12.4. The number of aliphatic carboxylic acids is 1. The quantitative estimate of drug-likeness (QED) is 0.751. The summed E-state index contributed by atoms with van der Waals surface area (Å²) >= 11 is 0. The van der Waals surface area contributed by atoms with E-state index in [0.29, 0.717) is 12.5 Å². The van der Waals surface area contributed by atoms with Gasteiger partial charge in [0.1, 0.15) is 5.75 Å². The molecule has 1 aliphatic heterocycles. The third kappa shape index (κ3) is 7.30. The van der Waals surface area contributed by atoms with E-state index in [-0.39, 0.29) is 11.4 Å². The fourth-order valence-corrected chi connectivity index (χ4v) is 2.52. The van der Waals surface area contributed by atoms with Gasteiger partial charge in [-0.05, 0) is 56.5 Å². The number of nitrogens with one attached hydrogen (secondary N) is 2. The van der Waals surface area contributed by atoms with Crippen LogP contribution in [0.5, 0.6) is 5.75 Å². The molecule has 26 heavy (non-hydrogen) atoms. The summed E-state index contributed by atoms with van der Waals surface area (Å²) in [5, 5.41) is 12.5. The van der Waals surface area contributed by atoms with Crippen molar-refractivity contribution in [3.05, 3.63) is 23.8 Å². The minimum atomic E-state index is -4.92. The van der Waals surface area contributed by atoms with Crippen molar-refractivity contribution in [2.24, 2.45) is 0 Å². The molecular weight excluding hydrogens is 353 g/mol. The van der Waals surface area contributed by atoms with E-state index in [1.807, 2.05) is 5.32 Å². The van der Waals surface area contributed by atoms with Crippen LogP contribution < -0.4 is 15.4 Å². The molecule has 1 heterocycles. The summed E-state index contributed by atoms with van der Waals surface area (Å²) in [6, 6.07) is 4.96. The van der Waals surface area contributed by atoms with E-state index < -0.39 is 18.1 Å². The molecule has 3 N–H and O–H groups in total. The summed E-state index contributed by atoms with van der Waals surface area (Å²) in [7, 11) is 0. The van der Waals surface area contributed by atoms with Crippen molar-refractivity contribution < 1.29 is 32.6 Å². The van der Waals surface area contributed by atoms with Crippen molar-refractivity contribution in [2.75, 3.05) is 25.0 Å². The first-order chi connectivity index (χ1) is 12.1. The molecule has 0 unspecified atom stereocenters. The van der Waals surface area contributed by atoms with Gasteiger partial charge in [0.25, 0.3) is 5.97 Å². The molecule has 0 aromatic heterocycles. The normalized spacial score (nSPS) is 14.8. The Balaban J connectivity index is 0.000000765. The number of alkyl halides is 3. The van der Waals surface area contributed by atoms with Gasteiger partial charge in [-0.3, -0.25) is 9.59 Å². The fourth-order valence-electron chi connectivity index (χ4n) is 2.52. The van der Waals surface area contributed by atoms with Crippen LogP contribution in [0.15, 0.2) is 18.2 Å². The third-order valence-electron chi connectivity index (χ3n) is 3.62. The van der Waals surface area contributed by atoms with Crippen LogP contribution in [0, 0.1) is 0 Å². The molecule has 9 heteroatoms. The summed E-state index contributed by atoms with van der Waals surface area (Å²) < 4.78 is 42.5. The van der Waals surface area contributed by atoms with E-state index in [9.17, 15) is 18.0 Å². The third-order valence-corrected chi connectivity index (χ3v) is 3.62. The molecule has 1 aliphatic rings. The molecule has 1 saturated heterocycles. The molecule has 146 valence electrons. The van der Waals surface area contributed by atoms with E-state index >= 15 is 0 Å². The zero-order valence-corrected chi connectivity index (χ0v) is 14.7. The first-order valence-electron chi connectivity index (χ1n) is 8.20. The zero-order chi connectivity index (χ0) is 19.7. The minimum Gasteiger partial charge on any atom is -0.492 e. The number of amides is 1. The SMILES string of the molecule is CC(=O)O.CCOc1cc(C2CCNCC2)ccc1NC(=O)C(F)(F)F. The van der Waals surface area contributed by atoms with Crippen LogP contribution in [0.3, 0.4) is 0 Å². The van der Waals surface area contributed by atoms with E-state index in [1.54, 1.807) is 19.1 Å². The number of hydrogen-bond donors (Lipinski definition) is 3. The van der Waals surface area contributed by atoms with Crippen LogP contribution in [-0.2, 0) is 9.59 Å². The van der Waals surface area contributed by atoms with Crippen LogP contribution in [0.4, 0.5) is 18.9 Å². The Labute approximate surface area is 149 Å². The second-order valence-electron chi connectivity index (χ2n) is 5.68. The lowest BCUT2D eigenvalue weighted by atomic mass is 9.90. The fraction of sp³-hybridized carbons (Fsp3) is 0.529. The van der Waals surface area contributed by atoms with Gasteiger partial charge < -0.3 is 20.5 Å². The highest BCUT2D eigenvalue weighted by Gasteiger charge is 2.39. The summed E-state index contributed by atoms with van der Waals surface area (Å²) in [6.07, 6.45) is -2.98. The average Bonchev–Trinajstić information content (AvgIpc) is 2.56. The number of ether oxygens (including phenoxy) is 1. The largest absolute Gasteiger partial charge is 0.492 e. The van der Waals surface area contributed by atoms with Crippen molar-refractivity contribution >= 4 is 17.6 Å². The molecule has 1 fully saturated rings. The van der Waals surface area contributed by atoms with E-state index in [0.717, 1.165) is 38.4 Å². The van der Waals surface area contributed by atoms with Crippen LogP contribution in [-0.4, -0.2) is 42.9 Å². The number of hydrogen-bond acceptors (Lipinski definition) is 4. The second-order valence-corrected chi connectivity index (χ2v) is 5.68. The zero-order valence-electron chi connectivity index (χ0n) is 14.7. The summed E-state index contributed by atoms with van der Waals surface area (Å²) in [4.78, 5) is 20.1. The van der Waals surface area contributed by atoms with Gasteiger partial charge in [0.15, 0.2) is 0 Å². The first kappa shape index (κ1) is 21.8. The van der Waals surface area contributed by atoms with Gasteiger partial charge in [-0.2, -0.15) is 13.2 Å². The van der Waals surface area contributed by atoms with Crippen molar-refractivity contribution in [2.45, 2.75) is 38.8 Å². The number of carboxylic acid groups (broad SMARTS) is 1. The van der Waals surface area contributed by atoms with Crippen molar-refractivity contribution in [1.82, 2.24) is 5.32 Å². The highest BCUT2D eigenvalue weighted by atomic mass is 19.4. The molecule has 0 atom stereocenters. The van der Waals surface area contributed by atoms with Gasteiger partial charge in [0.2, 0.25) is 0 Å². The van der Waals surface area contributed by atoms with Crippen molar-refractivity contribution in [3.8, 4) is 5.75 Å². The van der Waals surface area contributed by atoms with Crippen molar-refractivity contribution in [3.63, 3.8) is 0 Å². The highest BCUT2D eigenvalue weighted by molar-refractivity contribution is 5.96. The van der Waals surface area contributed by atoms with Gasteiger partial charge in [-0.15, -0.1) is 0 Å². The van der Waals surface area contributed by atoms with Crippen LogP contribution >= 0.6 is 0 Å². The molecule has 1 amide bonds. The summed E-state index contributed by atoms with van der Waals surface area (Å²) in [5.74, 6) is -2.20. The molecular formula is C17H23F3N2O4. The van der Waals surface area contributed by atoms with Crippen LogP contribution in [0.2, 0.25) is 0 Å². The number of carbonyl (C=O) groups excluding carboxylic acids is 1.